The molecule has 0 saturated heterocycles. The van der Waals surface area contributed by atoms with Crippen LogP contribution in [-0.2, 0) is 23.2 Å². The number of sulfonamides is 1. The number of aliphatic hydroxyl groups is 1. The minimum absolute atomic E-state index is 0.0467. The van der Waals surface area contributed by atoms with Gasteiger partial charge in [0.25, 0.3) is 0 Å². The average molecular weight is 315 g/mol. The molecule has 0 fully saturated rings. The number of hydrogen-bond donors (Lipinski definition) is 2. The molecule has 2 aromatic heterocycles. The number of rotatable bonds is 5. The van der Waals surface area contributed by atoms with E-state index in [0.29, 0.717) is 17.1 Å². The summed E-state index contributed by atoms with van der Waals surface area (Å²) >= 11 is 1.53. The Bertz CT molecular complexity index is 713. The Hall–Kier alpha value is -1.15. The standard InChI is InChI=1S/C13H17NO4S2/c1-8-6-19-7-11(8)4-14-20(16,17)13-10(3)18-9(2)12(13)5-15/h6-7,14-15H,4-5H2,1-3H3. The van der Waals surface area contributed by atoms with Gasteiger partial charge in [0.1, 0.15) is 16.4 Å². The first-order valence-corrected chi connectivity index (χ1v) is 8.50. The van der Waals surface area contributed by atoms with Gasteiger partial charge in [-0.15, -0.1) is 0 Å². The minimum atomic E-state index is -3.70. The van der Waals surface area contributed by atoms with E-state index < -0.39 is 10.0 Å². The number of aryl methyl sites for hydroxylation is 3. The van der Waals surface area contributed by atoms with E-state index in [0.717, 1.165) is 11.1 Å². The van der Waals surface area contributed by atoms with Gasteiger partial charge in [0.05, 0.1) is 6.61 Å². The van der Waals surface area contributed by atoms with Gasteiger partial charge < -0.3 is 9.52 Å². The Labute approximate surface area is 122 Å². The fourth-order valence-corrected chi connectivity index (χ4v) is 4.36. The Morgan fingerprint density at radius 3 is 2.50 bits per heavy atom. The Morgan fingerprint density at radius 1 is 1.25 bits per heavy atom. The number of furan rings is 1. The van der Waals surface area contributed by atoms with E-state index in [1.165, 1.54) is 11.3 Å². The minimum Gasteiger partial charge on any atom is -0.465 e. The second-order valence-electron chi connectivity index (χ2n) is 4.58. The van der Waals surface area contributed by atoms with E-state index in [-0.39, 0.29) is 18.0 Å². The van der Waals surface area contributed by atoms with Crippen LogP contribution in [0.25, 0.3) is 0 Å². The van der Waals surface area contributed by atoms with Crippen molar-refractivity contribution in [3.63, 3.8) is 0 Å². The zero-order chi connectivity index (χ0) is 14.9. The van der Waals surface area contributed by atoms with Crippen LogP contribution in [0.4, 0.5) is 0 Å². The monoisotopic (exact) mass is 315 g/mol. The van der Waals surface area contributed by atoms with E-state index >= 15 is 0 Å². The van der Waals surface area contributed by atoms with Crippen LogP contribution in [0.5, 0.6) is 0 Å². The van der Waals surface area contributed by atoms with Crippen LogP contribution in [0.2, 0.25) is 0 Å². The molecular weight excluding hydrogens is 298 g/mol. The third kappa shape index (κ3) is 2.80. The second-order valence-corrected chi connectivity index (χ2v) is 7.03. The first-order chi connectivity index (χ1) is 9.36. The quantitative estimate of drug-likeness (QED) is 0.887. The van der Waals surface area contributed by atoms with Crippen molar-refractivity contribution in [2.45, 2.75) is 38.8 Å². The SMILES string of the molecule is Cc1cscc1CNS(=O)(=O)c1c(C)oc(C)c1CO. The molecule has 0 aliphatic heterocycles. The topological polar surface area (TPSA) is 79.5 Å². The van der Waals surface area contributed by atoms with Crippen molar-refractivity contribution in [3.05, 3.63) is 39.0 Å². The summed E-state index contributed by atoms with van der Waals surface area (Å²) in [5.41, 5.74) is 2.32. The zero-order valence-corrected chi connectivity index (χ0v) is 13.2. The molecule has 0 atom stereocenters. The third-order valence-corrected chi connectivity index (χ3v) is 5.67. The lowest BCUT2D eigenvalue weighted by Crippen LogP contribution is -2.24. The largest absolute Gasteiger partial charge is 0.465 e. The number of hydrogen-bond acceptors (Lipinski definition) is 5. The molecule has 0 aromatic carbocycles. The number of thiophene rings is 1. The fraction of sp³-hybridized carbons (Fsp3) is 0.385. The molecular formula is C13H17NO4S2. The Kier molecular flexibility index (Phi) is 4.33. The van der Waals surface area contributed by atoms with Crippen LogP contribution in [0.15, 0.2) is 20.1 Å². The predicted molar refractivity (Wildman–Crippen MR) is 77.2 cm³/mol. The summed E-state index contributed by atoms with van der Waals surface area (Å²) in [5.74, 6) is 0.721. The van der Waals surface area contributed by atoms with E-state index in [4.69, 9.17) is 4.42 Å². The van der Waals surface area contributed by atoms with Crippen molar-refractivity contribution in [2.24, 2.45) is 0 Å². The molecule has 0 aliphatic rings. The van der Waals surface area contributed by atoms with E-state index in [9.17, 15) is 13.5 Å². The highest BCUT2D eigenvalue weighted by Gasteiger charge is 2.26. The summed E-state index contributed by atoms with van der Waals surface area (Å²) in [6, 6.07) is 0. The van der Waals surface area contributed by atoms with E-state index in [1.54, 1.807) is 13.8 Å². The second kappa shape index (κ2) is 5.69. The average Bonchev–Trinajstić information content (AvgIpc) is 2.90. The third-order valence-electron chi connectivity index (χ3n) is 3.17. The maximum atomic E-state index is 12.4. The molecule has 7 heteroatoms. The Balaban J connectivity index is 2.29. The van der Waals surface area contributed by atoms with Crippen molar-refractivity contribution in [2.75, 3.05) is 0 Å². The molecule has 5 nitrogen and oxygen atoms in total. The predicted octanol–water partition coefficient (Wildman–Crippen LogP) is 2.24. The van der Waals surface area contributed by atoms with Gasteiger partial charge >= 0.3 is 0 Å². The van der Waals surface area contributed by atoms with Crippen molar-refractivity contribution in [3.8, 4) is 0 Å². The van der Waals surface area contributed by atoms with Gasteiger partial charge in [-0.05, 0) is 42.7 Å². The summed E-state index contributed by atoms with van der Waals surface area (Å²) < 4.78 is 32.6. The van der Waals surface area contributed by atoms with Crippen LogP contribution in [0, 0.1) is 20.8 Å². The molecule has 110 valence electrons. The summed E-state index contributed by atoms with van der Waals surface area (Å²) in [4.78, 5) is 0.0467. The van der Waals surface area contributed by atoms with Crippen molar-refractivity contribution in [1.29, 1.82) is 0 Å². The van der Waals surface area contributed by atoms with Crippen molar-refractivity contribution >= 4 is 21.4 Å². The summed E-state index contributed by atoms with van der Waals surface area (Å²) in [6.07, 6.45) is 0. The molecule has 2 heterocycles. The molecule has 0 spiro atoms. The normalized spacial score (nSPS) is 12.0. The lowest BCUT2D eigenvalue weighted by atomic mass is 10.2. The highest BCUT2D eigenvalue weighted by atomic mass is 32.2. The van der Waals surface area contributed by atoms with Gasteiger partial charge in [0.2, 0.25) is 10.0 Å². The van der Waals surface area contributed by atoms with Gasteiger partial charge in [0, 0.05) is 12.1 Å². The first kappa shape index (κ1) is 15.2. The van der Waals surface area contributed by atoms with Crippen LogP contribution in [0.3, 0.4) is 0 Å². The Morgan fingerprint density at radius 2 is 1.95 bits per heavy atom. The van der Waals surface area contributed by atoms with Crippen LogP contribution in [-0.4, -0.2) is 13.5 Å². The molecule has 0 saturated carbocycles. The zero-order valence-electron chi connectivity index (χ0n) is 11.6. The van der Waals surface area contributed by atoms with Crippen molar-refractivity contribution in [1.82, 2.24) is 4.72 Å². The lowest BCUT2D eigenvalue weighted by Gasteiger charge is -2.07. The molecule has 0 aliphatic carbocycles. The molecule has 0 bridgehead atoms. The van der Waals surface area contributed by atoms with Gasteiger partial charge in [-0.3, -0.25) is 0 Å². The van der Waals surface area contributed by atoms with Crippen LogP contribution < -0.4 is 4.72 Å². The molecule has 0 radical (unpaired) electrons. The molecule has 20 heavy (non-hydrogen) atoms. The molecule has 2 rings (SSSR count). The van der Waals surface area contributed by atoms with Gasteiger partial charge in [-0.25, -0.2) is 13.1 Å². The highest BCUT2D eigenvalue weighted by molar-refractivity contribution is 7.89. The molecule has 0 amide bonds. The van der Waals surface area contributed by atoms with Gasteiger partial charge in [-0.1, -0.05) is 0 Å². The maximum absolute atomic E-state index is 12.4. The number of nitrogens with one attached hydrogen (secondary N) is 1. The summed E-state index contributed by atoms with van der Waals surface area (Å²) in [5, 5.41) is 13.2. The fourth-order valence-electron chi connectivity index (χ4n) is 2.06. The summed E-state index contributed by atoms with van der Waals surface area (Å²) in [7, 11) is -3.70. The first-order valence-electron chi connectivity index (χ1n) is 6.08. The van der Waals surface area contributed by atoms with Gasteiger partial charge in [-0.2, -0.15) is 11.3 Å². The molecule has 2 N–H and O–H groups in total. The molecule has 0 unspecified atom stereocenters. The maximum Gasteiger partial charge on any atom is 0.244 e. The van der Waals surface area contributed by atoms with Crippen LogP contribution in [0.1, 0.15) is 28.2 Å². The van der Waals surface area contributed by atoms with E-state index in [2.05, 4.69) is 4.72 Å². The smallest absolute Gasteiger partial charge is 0.244 e. The number of aliphatic hydroxyl groups excluding tert-OH is 1. The van der Waals surface area contributed by atoms with Crippen LogP contribution >= 0.6 is 11.3 Å². The lowest BCUT2D eigenvalue weighted by molar-refractivity contribution is 0.276. The van der Waals surface area contributed by atoms with Crippen molar-refractivity contribution < 1.29 is 17.9 Å². The van der Waals surface area contributed by atoms with Gasteiger partial charge in [0.15, 0.2) is 0 Å². The molecule has 2 aromatic rings. The summed E-state index contributed by atoms with van der Waals surface area (Å²) in [6.45, 7) is 5.02. The highest BCUT2D eigenvalue weighted by Crippen LogP contribution is 2.26. The van der Waals surface area contributed by atoms with E-state index in [1.807, 2.05) is 17.7 Å².